The van der Waals surface area contributed by atoms with Crippen molar-refractivity contribution in [2.45, 2.75) is 25.9 Å². The average molecular weight is 198 g/mol. The van der Waals surface area contributed by atoms with Gasteiger partial charge in [0.2, 0.25) is 0 Å². The van der Waals surface area contributed by atoms with E-state index in [-0.39, 0.29) is 12.3 Å². The summed E-state index contributed by atoms with van der Waals surface area (Å²) in [4.78, 5) is 0. The molecule has 1 unspecified atom stereocenters. The Bertz CT molecular complexity index is 147. The first-order valence-corrected chi connectivity index (χ1v) is 4.40. The minimum absolute atomic E-state index is 0.00347. The fraction of sp³-hybridized carbons (Fsp3) is 0.750. The van der Waals surface area contributed by atoms with Crippen LogP contribution in [0.1, 0.15) is 19.8 Å². The van der Waals surface area contributed by atoms with E-state index in [2.05, 4.69) is 19.2 Å². The van der Waals surface area contributed by atoms with Crippen LogP contribution in [-0.2, 0) is 0 Å². The van der Waals surface area contributed by atoms with Gasteiger partial charge in [-0.2, -0.15) is 25.8 Å². The topological polar surface area (TPSA) is 0 Å². The Labute approximate surface area is 76.3 Å². The summed E-state index contributed by atoms with van der Waals surface area (Å²) in [5.41, 5.74) is -0.650. The average Bonchev–Trinajstić information content (AvgIpc) is 1.97. The van der Waals surface area contributed by atoms with Crippen LogP contribution in [0.2, 0.25) is 0 Å². The Morgan fingerprint density at radius 1 is 1.50 bits per heavy atom. The molecule has 0 aliphatic rings. The summed E-state index contributed by atoms with van der Waals surface area (Å²) in [7, 11) is 0. The molecule has 72 valence electrons. The molecule has 0 aliphatic heterocycles. The second-order valence-electron chi connectivity index (χ2n) is 2.76. The van der Waals surface area contributed by atoms with Crippen LogP contribution in [0.3, 0.4) is 0 Å². The van der Waals surface area contributed by atoms with Crippen molar-refractivity contribution < 1.29 is 13.2 Å². The van der Waals surface area contributed by atoms with Gasteiger partial charge in [0.05, 0.1) is 0 Å². The number of allylic oxidation sites excluding steroid dienone is 1. The molecule has 0 amide bonds. The molecule has 0 fully saturated rings. The number of halogens is 3. The number of hydrogen-bond donors (Lipinski definition) is 1. The summed E-state index contributed by atoms with van der Waals surface area (Å²) in [5.74, 6) is 0.466. The zero-order valence-electron chi connectivity index (χ0n) is 6.99. The van der Waals surface area contributed by atoms with E-state index in [4.69, 9.17) is 0 Å². The zero-order valence-corrected chi connectivity index (χ0v) is 7.88. The van der Waals surface area contributed by atoms with Gasteiger partial charge in [-0.15, -0.1) is 0 Å². The van der Waals surface area contributed by atoms with Crippen molar-refractivity contribution in [1.29, 1.82) is 0 Å². The third kappa shape index (κ3) is 4.04. The van der Waals surface area contributed by atoms with Crippen molar-refractivity contribution in [2.24, 2.45) is 5.92 Å². The molecular formula is C8H13F3S. The van der Waals surface area contributed by atoms with E-state index >= 15 is 0 Å². The van der Waals surface area contributed by atoms with Gasteiger partial charge in [0.25, 0.3) is 0 Å². The van der Waals surface area contributed by atoms with E-state index in [0.29, 0.717) is 12.2 Å². The molecule has 0 radical (unpaired) electrons. The van der Waals surface area contributed by atoms with Crippen LogP contribution in [0.15, 0.2) is 12.2 Å². The number of thiol groups is 1. The van der Waals surface area contributed by atoms with Gasteiger partial charge in [-0.1, -0.05) is 19.9 Å². The quantitative estimate of drug-likeness (QED) is 0.519. The third-order valence-corrected chi connectivity index (χ3v) is 2.29. The summed E-state index contributed by atoms with van der Waals surface area (Å²) in [5, 5.41) is 0. The van der Waals surface area contributed by atoms with Gasteiger partial charge in [-0.05, 0) is 18.1 Å². The highest BCUT2D eigenvalue weighted by Gasteiger charge is 2.32. The van der Waals surface area contributed by atoms with Gasteiger partial charge in [-0.3, -0.25) is 0 Å². The largest absolute Gasteiger partial charge is 0.412 e. The lowest BCUT2D eigenvalue weighted by atomic mass is 9.99. The molecule has 0 nitrogen and oxygen atoms in total. The maximum Gasteiger partial charge on any atom is 0.412 e. The Morgan fingerprint density at radius 2 is 2.00 bits per heavy atom. The third-order valence-electron chi connectivity index (χ3n) is 1.77. The predicted octanol–water partition coefficient (Wildman–Crippen LogP) is 3.45. The van der Waals surface area contributed by atoms with E-state index in [0.717, 1.165) is 0 Å². The van der Waals surface area contributed by atoms with E-state index in [9.17, 15) is 13.2 Å². The van der Waals surface area contributed by atoms with Crippen molar-refractivity contribution in [3.8, 4) is 0 Å². The van der Waals surface area contributed by atoms with Crippen molar-refractivity contribution in [3.63, 3.8) is 0 Å². The molecule has 0 aromatic heterocycles. The van der Waals surface area contributed by atoms with Crippen LogP contribution in [0, 0.1) is 5.92 Å². The van der Waals surface area contributed by atoms with Crippen molar-refractivity contribution in [2.75, 3.05) is 5.75 Å². The van der Waals surface area contributed by atoms with Crippen LogP contribution < -0.4 is 0 Å². The molecule has 0 spiro atoms. The maximum atomic E-state index is 12.0. The van der Waals surface area contributed by atoms with E-state index in [1.807, 2.05) is 6.92 Å². The molecule has 1 atom stereocenters. The molecule has 0 aliphatic carbocycles. The smallest absolute Gasteiger partial charge is 0.179 e. The summed E-state index contributed by atoms with van der Waals surface area (Å²) < 4.78 is 35.9. The monoisotopic (exact) mass is 198 g/mol. The van der Waals surface area contributed by atoms with Gasteiger partial charge < -0.3 is 0 Å². The van der Waals surface area contributed by atoms with E-state index < -0.39 is 11.7 Å². The van der Waals surface area contributed by atoms with Gasteiger partial charge in [0.1, 0.15) is 0 Å². The molecule has 0 aromatic rings. The minimum Gasteiger partial charge on any atom is -0.179 e. The van der Waals surface area contributed by atoms with E-state index in [1.54, 1.807) is 0 Å². The highest BCUT2D eigenvalue weighted by molar-refractivity contribution is 7.80. The van der Waals surface area contributed by atoms with Crippen LogP contribution >= 0.6 is 12.6 Å². The lowest BCUT2D eigenvalue weighted by molar-refractivity contribution is -0.0947. The molecule has 0 bridgehead atoms. The van der Waals surface area contributed by atoms with Crippen LogP contribution in [0.5, 0.6) is 0 Å². The fourth-order valence-electron chi connectivity index (χ4n) is 0.802. The second-order valence-corrected chi connectivity index (χ2v) is 3.13. The Balaban J connectivity index is 3.99. The highest BCUT2D eigenvalue weighted by Crippen LogP contribution is 2.30. The molecule has 0 heterocycles. The van der Waals surface area contributed by atoms with Gasteiger partial charge in [0, 0.05) is 5.57 Å². The lowest BCUT2D eigenvalue weighted by Gasteiger charge is -2.15. The predicted molar refractivity (Wildman–Crippen MR) is 47.4 cm³/mol. The summed E-state index contributed by atoms with van der Waals surface area (Å²) in [6.07, 6.45) is -3.53. The molecular weight excluding hydrogens is 185 g/mol. The van der Waals surface area contributed by atoms with Crippen LogP contribution in [0.25, 0.3) is 0 Å². The van der Waals surface area contributed by atoms with Gasteiger partial charge >= 0.3 is 6.18 Å². The van der Waals surface area contributed by atoms with Gasteiger partial charge in [0.15, 0.2) is 0 Å². The SMILES string of the molecule is C=C(CC(CC)CS)C(F)(F)F. The van der Waals surface area contributed by atoms with E-state index in [1.165, 1.54) is 0 Å². The Kier molecular flexibility index (Phi) is 4.75. The first kappa shape index (κ1) is 11.9. The Morgan fingerprint density at radius 3 is 2.25 bits per heavy atom. The first-order chi connectivity index (χ1) is 5.41. The summed E-state index contributed by atoms with van der Waals surface area (Å²) in [6.45, 7) is 4.85. The van der Waals surface area contributed by atoms with Crippen LogP contribution in [-0.4, -0.2) is 11.9 Å². The highest BCUT2D eigenvalue weighted by atomic mass is 32.1. The fourth-order valence-corrected chi connectivity index (χ4v) is 1.19. The lowest BCUT2D eigenvalue weighted by Crippen LogP contribution is -2.15. The normalized spacial score (nSPS) is 14.4. The standard InChI is InChI=1S/C8H13F3S/c1-3-7(5-12)4-6(2)8(9,10)11/h7,12H,2-5H2,1H3. The zero-order chi connectivity index (χ0) is 9.78. The second kappa shape index (κ2) is 4.80. The number of hydrogen-bond acceptors (Lipinski definition) is 1. The van der Waals surface area contributed by atoms with Gasteiger partial charge in [-0.25, -0.2) is 0 Å². The number of rotatable bonds is 4. The van der Waals surface area contributed by atoms with Crippen molar-refractivity contribution >= 4 is 12.6 Å². The molecule has 0 saturated carbocycles. The molecule has 0 saturated heterocycles. The van der Waals surface area contributed by atoms with Crippen LogP contribution in [0.4, 0.5) is 13.2 Å². The number of alkyl halides is 3. The molecule has 4 heteroatoms. The minimum atomic E-state index is -4.24. The maximum absolute atomic E-state index is 12.0. The Hall–Kier alpha value is -0.120. The summed E-state index contributed by atoms with van der Waals surface area (Å²) in [6, 6.07) is 0. The molecule has 0 rings (SSSR count). The summed E-state index contributed by atoms with van der Waals surface area (Å²) >= 11 is 3.96. The van der Waals surface area contributed by atoms with Crippen molar-refractivity contribution in [3.05, 3.63) is 12.2 Å². The first-order valence-electron chi connectivity index (χ1n) is 3.77. The molecule has 0 N–H and O–H groups in total. The molecule has 0 aromatic carbocycles. The van der Waals surface area contributed by atoms with Crippen molar-refractivity contribution in [1.82, 2.24) is 0 Å². The molecule has 12 heavy (non-hydrogen) atoms.